The van der Waals surface area contributed by atoms with Crippen LogP contribution in [0.2, 0.25) is 0 Å². The number of aryl methyl sites for hydroxylation is 1. The van der Waals surface area contributed by atoms with E-state index < -0.39 is 11.7 Å². The van der Waals surface area contributed by atoms with Crippen LogP contribution in [0.25, 0.3) is 5.69 Å². The molecular formula is C20H16FN5O2S. The van der Waals surface area contributed by atoms with Gasteiger partial charge in [-0.25, -0.2) is 4.39 Å². The quantitative estimate of drug-likeness (QED) is 0.520. The molecule has 0 unspecified atom stereocenters. The number of tetrazole rings is 1. The van der Waals surface area contributed by atoms with E-state index in [-0.39, 0.29) is 5.69 Å². The van der Waals surface area contributed by atoms with Gasteiger partial charge in [-0.15, -0.1) is 16.4 Å². The molecule has 0 spiro atoms. The highest BCUT2D eigenvalue weighted by atomic mass is 32.1. The molecule has 1 N–H and O–H groups in total. The number of rotatable bonds is 6. The second-order valence-corrected chi connectivity index (χ2v) is 7.18. The van der Waals surface area contributed by atoms with E-state index in [4.69, 9.17) is 4.74 Å². The zero-order chi connectivity index (χ0) is 20.2. The molecule has 4 aromatic rings. The van der Waals surface area contributed by atoms with Crippen LogP contribution in [0.4, 0.5) is 10.1 Å². The largest absolute Gasteiger partial charge is 0.488 e. The summed E-state index contributed by atoms with van der Waals surface area (Å²) in [5.74, 6) is 0.100. The number of ether oxygens (including phenoxy) is 1. The Morgan fingerprint density at radius 3 is 2.86 bits per heavy atom. The summed E-state index contributed by atoms with van der Waals surface area (Å²) < 4.78 is 21.4. The number of hydrogen-bond acceptors (Lipinski definition) is 6. The molecule has 2 aromatic carbocycles. The Morgan fingerprint density at radius 2 is 2.10 bits per heavy atom. The predicted molar refractivity (Wildman–Crippen MR) is 107 cm³/mol. The maximum Gasteiger partial charge on any atom is 0.255 e. The lowest BCUT2D eigenvalue weighted by molar-refractivity contribution is 0.102. The Balaban J connectivity index is 1.50. The van der Waals surface area contributed by atoms with Crippen LogP contribution in [0.15, 0.2) is 60.0 Å². The lowest BCUT2D eigenvalue weighted by Gasteiger charge is -2.10. The highest BCUT2D eigenvalue weighted by Gasteiger charge is 2.13. The van der Waals surface area contributed by atoms with Crippen molar-refractivity contribution in [1.82, 2.24) is 20.2 Å². The van der Waals surface area contributed by atoms with Gasteiger partial charge < -0.3 is 10.1 Å². The number of amides is 1. The van der Waals surface area contributed by atoms with Crippen LogP contribution in [0.5, 0.6) is 5.75 Å². The summed E-state index contributed by atoms with van der Waals surface area (Å²) in [5.41, 5.74) is 0.932. The van der Waals surface area contributed by atoms with E-state index in [0.717, 1.165) is 4.88 Å². The first kappa shape index (κ1) is 18.8. The molecule has 1 amide bonds. The van der Waals surface area contributed by atoms with Gasteiger partial charge in [-0.1, -0.05) is 12.1 Å². The van der Waals surface area contributed by atoms with Gasteiger partial charge in [0.2, 0.25) is 0 Å². The van der Waals surface area contributed by atoms with Crippen molar-refractivity contribution >= 4 is 22.9 Å². The molecule has 4 rings (SSSR count). The minimum absolute atomic E-state index is 0.0345. The third-order valence-electron chi connectivity index (χ3n) is 4.13. The molecule has 0 aliphatic heterocycles. The van der Waals surface area contributed by atoms with E-state index in [1.807, 2.05) is 17.5 Å². The Kier molecular flexibility index (Phi) is 5.30. The van der Waals surface area contributed by atoms with Crippen molar-refractivity contribution in [3.63, 3.8) is 0 Å². The average molecular weight is 409 g/mol. The number of carbonyl (C=O) groups excluding carboxylic acids is 1. The van der Waals surface area contributed by atoms with Crippen LogP contribution in [-0.2, 0) is 6.61 Å². The molecule has 0 aliphatic carbocycles. The molecule has 29 heavy (non-hydrogen) atoms. The van der Waals surface area contributed by atoms with Crippen LogP contribution in [0.3, 0.4) is 0 Å². The van der Waals surface area contributed by atoms with E-state index in [9.17, 15) is 9.18 Å². The summed E-state index contributed by atoms with van der Waals surface area (Å²) >= 11 is 1.60. The maximum absolute atomic E-state index is 14.2. The SMILES string of the molecule is Cc1nnnn1-c1ccc(F)c(NC(=O)c2cccc(OCc3cccs3)c2)c1. The standard InChI is InChI=1S/C20H16FN5O2S/c1-13-23-24-25-26(13)15-7-8-18(21)19(11-15)22-20(27)14-4-2-5-16(10-14)28-12-17-6-3-9-29-17/h2-11H,12H2,1H3,(H,22,27). The number of aromatic nitrogens is 4. The van der Waals surface area contributed by atoms with Crippen molar-refractivity contribution in [1.29, 1.82) is 0 Å². The molecule has 0 bridgehead atoms. The molecule has 0 saturated heterocycles. The Hall–Kier alpha value is -3.59. The second-order valence-electron chi connectivity index (χ2n) is 6.15. The summed E-state index contributed by atoms with van der Waals surface area (Å²) in [6, 6.07) is 14.9. The van der Waals surface area contributed by atoms with E-state index >= 15 is 0 Å². The highest BCUT2D eigenvalue weighted by Crippen LogP contribution is 2.22. The summed E-state index contributed by atoms with van der Waals surface area (Å²) in [5, 5.41) is 15.8. The number of benzene rings is 2. The van der Waals surface area contributed by atoms with Crippen LogP contribution >= 0.6 is 11.3 Å². The number of anilines is 1. The van der Waals surface area contributed by atoms with Crippen molar-refractivity contribution in [2.75, 3.05) is 5.32 Å². The van der Waals surface area contributed by atoms with Gasteiger partial charge in [-0.05, 0) is 65.2 Å². The monoisotopic (exact) mass is 409 g/mol. The summed E-state index contributed by atoms with van der Waals surface area (Å²) in [4.78, 5) is 13.7. The smallest absolute Gasteiger partial charge is 0.255 e. The van der Waals surface area contributed by atoms with Crippen molar-refractivity contribution < 1.29 is 13.9 Å². The van der Waals surface area contributed by atoms with E-state index in [1.54, 1.807) is 42.5 Å². The number of halogens is 1. The first-order valence-electron chi connectivity index (χ1n) is 8.71. The van der Waals surface area contributed by atoms with Crippen molar-refractivity contribution in [3.8, 4) is 11.4 Å². The van der Waals surface area contributed by atoms with Gasteiger partial charge in [0, 0.05) is 10.4 Å². The molecular weight excluding hydrogens is 393 g/mol. The number of nitrogens with zero attached hydrogens (tertiary/aromatic N) is 4. The minimum Gasteiger partial charge on any atom is -0.488 e. The highest BCUT2D eigenvalue weighted by molar-refractivity contribution is 7.09. The van der Waals surface area contributed by atoms with Gasteiger partial charge in [0.1, 0.15) is 18.2 Å². The lowest BCUT2D eigenvalue weighted by Crippen LogP contribution is -2.14. The van der Waals surface area contributed by atoms with Gasteiger partial charge in [0.25, 0.3) is 5.91 Å². The first-order chi connectivity index (χ1) is 14.1. The third kappa shape index (κ3) is 4.30. The van der Waals surface area contributed by atoms with Crippen molar-refractivity contribution in [3.05, 3.63) is 82.1 Å². The average Bonchev–Trinajstić information content (AvgIpc) is 3.40. The van der Waals surface area contributed by atoms with Crippen LogP contribution in [-0.4, -0.2) is 26.1 Å². The molecule has 2 heterocycles. The van der Waals surface area contributed by atoms with Crippen LogP contribution < -0.4 is 10.1 Å². The Labute approximate surface area is 169 Å². The Morgan fingerprint density at radius 1 is 1.21 bits per heavy atom. The van der Waals surface area contributed by atoms with E-state index in [1.165, 1.54) is 22.9 Å². The molecule has 146 valence electrons. The molecule has 0 fully saturated rings. The molecule has 0 saturated carbocycles. The second kappa shape index (κ2) is 8.19. The number of carbonyl (C=O) groups is 1. The summed E-state index contributed by atoms with van der Waals surface area (Å²) in [6.45, 7) is 2.15. The first-order valence-corrected chi connectivity index (χ1v) is 9.59. The fourth-order valence-electron chi connectivity index (χ4n) is 2.68. The van der Waals surface area contributed by atoms with E-state index in [2.05, 4.69) is 20.8 Å². The number of thiophene rings is 1. The van der Waals surface area contributed by atoms with Gasteiger partial charge >= 0.3 is 0 Å². The summed E-state index contributed by atoms with van der Waals surface area (Å²) in [7, 11) is 0. The van der Waals surface area contributed by atoms with E-state index in [0.29, 0.717) is 29.4 Å². The van der Waals surface area contributed by atoms with Gasteiger partial charge in [-0.3, -0.25) is 4.79 Å². The predicted octanol–water partition coefficient (Wildman–Crippen LogP) is 4.00. The minimum atomic E-state index is -0.557. The molecule has 0 radical (unpaired) electrons. The number of nitrogens with one attached hydrogen (secondary N) is 1. The molecule has 0 aliphatic rings. The zero-order valence-corrected chi connectivity index (χ0v) is 16.2. The topological polar surface area (TPSA) is 81.9 Å². The molecule has 0 atom stereocenters. The fraction of sp³-hybridized carbons (Fsp3) is 0.100. The third-order valence-corrected chi connectivity index (χ3v) is 4.98. The van der Waals surface area contributed by atoms with Crippen LogP contribution in [0.1, 0.15) is 21.1 Å². The van der Waals surface area contributed by atoms with Gasteiger partial charge in [-0.2, -0.15) is 4.68 Å². The van der Waals surface area contributed by atoms with Gasteiger partial charge in [0.05, 0.1) is 11.4 Å². The van der Waals surface area contributed by atoms with Crippen molar-refractivity contribution in [2.45, 2.75) is 13.5 Å². The summed E-state index contributed by atoms with van der Waals surface area (Å²) in [6.07, 6.45) is 0. The molecule has 9 heteroatoms. The van der Waals surface area contributed by atoms with Crippen molar-refractivity contribution in [2.24, 2.45) is 0 Å². The molecule has 7 nitrogen and oxygen atoms in total. The Bertz CT molecular complexity index is 1140. The zero-order valence-electron chi connectivity index (χ0n) is 15.4. The normalized spacial score (nSPS) is 10.7. The molecule has 2 aromatic heterocycles. The number of hydrogen-bond donors (Lipinski definition) is 1. The fourth-order valence-corrected chi connectivity index (χ4v) is 3.30. The maximum atomic E-state index is 14.2. The van der Waals surface area contributed by atoms with Gasteiger partial charge in [0.15, 0.2) is 5.82 Å². The van der Waals surface area contributed by atoms with Crippen LogP contribution in [0, 0.1) is 12.7 Å². The lowest BCUT2D eigenvalue weighted by atomic mass is 10.2.